The van der Waals surface area contributed by atoms with E-state index in [-0.39, 0.29) is 29.9 Å². The van der Waals surface area contributed by atoms with Gasteiger partial charge < -0.3 is 15.5 Å². The first-order valence-corrected chi connectivity index (χ1v) is 6.63. The number of amides is 1. The van der Waals surface area contributed by atoms with E-state index in [1.807, 2.05) is 6.92 Å². The Morgan fingerprint density at radius 3 is 2.67 bits per heavy atom. The second kappa shape index (κ2) is 6.41. The molecule has 0 heterocycles. The molecule has 4 nitrogen and oxygen atoms in total. The Kier molecular flexibility index (Phi) is 5.44. The van der Waals surface area contributed by atoms with Crippen LogP contribution in [0, 0.1) is 5.92 Å². The number of rotatable bonds is 4. The molecule has 1 amide bonds. The van der Waals surface area contributed by atoms with Gasteiger partial charge in [-0.3, -0.25) is 4.79 Å². The second-order valence-electron chi connectivity index (χ2n) is 4.21. The van der Waals surface area contributed by atoms with Gasteiger partial charge in [0.05, 0.1) is 10.0 Å². The van der Waals surface area contributed by atoms with Crippen molar-refractivity contribution in [1.29, 1.82) is 0 Å². The quantitative estimate of drug-likeness (QED) is 0.791. The van der Waals surface area contributed by atoms with Crippen LogP contribution in [0.1, 0.15) is 24.2 Å². The number of phenols is 1. The summed E-state index contributed by atoms with van der Waals surface area (Å²) in [6.07, 6.45) is 0. The third-order valence-electron chi connectivity index (χ3n) is 2.77. The largest absolute Gasteiger partial charge is 0.506 e. The summed E-state index contributed by atoms with van der Waals surface area (Å²) >= 11 is 8.95. The van der Waals surface area contributed by atoms with Gasteiger partial charge in [0.1, 0.15) is 5.75 Å². The molecule has 0 bridgehead atoms. The van der Waals surface area contributed by atoms with Crippen molar-refractivity contribution in [1.82, 2.24) is 5.32 Å². The van der Waals surface area contributed by atoms with E-state index in [0.29, 0.717) is 9.50 Å². The molecule has 0 aromatic heterocycles. The molecule has 0 aliphatic rings. The van der Waals surface area contributed by atoms with Crippen LogP contribution in [0.5, 0.6) is 5.75 Å². The zero-order valence-corrected chi connectivity index (χ0v) is 12.4. The van der Waals surface area contributed by atoms with Gasteiger partial charge >= 0.3 is 0 Å². The maximum absolute atomic E-state index is 12.0. The van der Waals surface area contributed by atoms with Gasteiger partial charge in [0, 0.05) is 17.7 Å². The molecule has 0 spiro atoms. The van der Waals surface area contributed by atoms with E-state index < -0.39 is 5.91 Å². The zero-order chi connectivity index (χ0) is 13.9. The number of hydrogen-bond donors (Lipinski definition) is 3. The van der Waals surface area contributed by atoms with Crippen LogP contribution >= 0.6 is 27.5 Å². The van der Waals surface area contributed by atoms with Gasteiger partial charge in [-0.25, -0.2) is 0 Å². The Morgan fingerprint density at radius 2 is 2.11 bits per heavy atom. The van der Waals surface area contributed by atoms with Gasteiger partial charge in [0.15, 0.2) is 0 Å². The molecule has 1 aromatic carbocycles. The molecule has 1 aromatic rings. The maximum atomic E-state index is 12.0. The SMILES string of the molecule is CC(CO)C(C)NC(=O)c1cc(Cl)cc(Br)c1O. The molecule has 0 radical (unpaired) electrons. The zero-order valence-electron chi connectivity index (χ0n) is 10.1. The minimum Gasteiger partial charge on any atom is -0.506 e. The fourth-order valence-corrected chi connectivity index (χ4v) is 2.13. The highest BCUT2D eigenvalue weighted by molar-refractivity contribution is 9.10. The molecule has 0 fully saturated rings. The Labute approximate surface area is 119 Å². The molecular formula is C12H15BrClNO3. The lowest BCUT2D eigenvalue weighted by molar-refractivity contribution is 0.0913. The minimum atomic E-state index is -0.427. The Balaban J connectivity index is 2.91. The summed E-state index contributed by atoms with van der Waals surface area (Å²) in [5, 5.41) is 21.8. The van der Waals surface area contributed by atoms with Crippen molar-refractivity contribution < 1.29 is 15.0 Å². The van der Waals surface area contributed by atoms with Crippen LogP contribution < -0.4 is 5.32 Å². The van der Waals surface area contributed by atoms with E-state index >= 15 is 0 Å². The highest BCUT2D eigenvalue weighted by atomic mass is 79.9. The number of aliphatic hydroxyl groups excluding tert-OH is 1. The van der Waals surface area contributed by atoms with E-state index in [9.17, 15) is 9.90 Å². The monoisotopic (exact) mass is 335 g/mol. The fraction of sp³-hybridized carbons (Fsp3) is 0.417. The predicted molar refractivity (Wildman–Crippen MR) is 74.0 cm³/mol. The number of aliphatic hydroxyl groups is 1. The summed E-state index contributed by atoms with van der Waals surface area (Å²) in [7, 11) is 0. The number of hydrogen-bond acceptors (Lipinski definition) is 3. The van der Waals surface area contributed by atoms with Crippen molar-refractivity contribution in [2.24, 2.45) is 5.92 Å². The highest BCUT2D eigenvalue weighted by Gasteiger charge is 2.19. The first-order valence-electron chi connectivity index (χ1n) is 5.46. The van der Waals surface area contributed by atoms with Gasteiger partial charge in [0.25, 0.3) is 5.91 Å². The summed E-state index contributed by atoms with van der Waals surface area (Å²) in [6.45, 7) is 3.58. The molecule has 0 aliphatic carbocycles. The Hall–Kier alpha value is -0.780. The van der Waals surface area contributed by atoms with E-state index in [2.05, 4.69) is 21.2 Å². The van der Waals surface area contributed by atoms with Crippen LogP contribution in [0.4, 0.5) is 0 Å². The number of carbonyl (C=O) groups excluding carboxylic acids is 1. The lowest BCUT2D eigenvalue weighted by Gasteiger charge is -2.19. The molecule has 2 unspecified atom stereocenters. The number of nitrogens with one attached hydrogen (secondary N) is 1. The minimum absolute atomic E-state index is 0.0212. The van der Waals surface area contributed by atoms with Crippen LogP contribution in [0.25, 0.3) is 0 Å². The molecule has 0 saturated carbocycles. The van der Waals surface area contributed by atoms with Crippen molar-refractivity contribution >= 4 is 33.4 Å². The molecule has 3 N–H and O–H groups in total. The van der Waals surface area contributed by atoms with Crippen molar-refractivity contribution in [2.75, 3.05) is 6.61 Å². The van der Waals surface area contributed by atoms with Crippen LogP contribution in [0.3, 0.4) is 0 Å². The number of carbonyl (C=O) groups is 1. The van der Waals surface area contributed by atoms with Crippen molar-refractivity contribution in [2.45, 2.75) is 19.9 Å². The van der Waals surface area contributed by atoms with Crippen molar-refractivity contribution in [3.63, 3.8) is 0 Å². The first-order chi connectivity index (χ1) is 8.36. The maximum Gasteiger partial charge on any atom is 0.255 e. The summed E-state index contributed by atoms with van der Waals surface area (Å²) in [6, 6.07) is 2.69. The van der Waals surface area contributed by atoms with Gasteiger partial charge in [0.2, 0.25) is 0 Å². The van der Waals surface area contributed by atoms with Gasteiger partial charge in [-0.1, -0.05) is 18.5 Å². The lowest BCUT2D eigenvalue weighted by Crippen LogP contribution is -2.38. The number of halogens is 2. The number of aromatic hydroxyl groups is 1. The molecule has 2 atom stereocenters. The van der Waals surface area contributed by atoms with Gasteiger partial charge in [-0.05, 0) is 40.9 Å². The fourth-order valence-electron chi connectivity index (χ4n) is 1.32. The Bertz CT molecular complexity index is 453. The Morgan fingerprint density at radius 1 is 1.50 bits per heavy atom. The van der Waals surface area contributed by atoms with E-state index in [1.54, 1.807) is 6.92 Å². The predicted octanol–water partition coefficient (Wildman–Crippen LogP) is 2.55. The second-order valence-corrected chi connectivity index (χ2v) is 5.50. The summed E-state index contributed by atoms with van der Waals surface area (Å²) in [4.78, 5) is 12.0. The topological polar surface area (TPSA) is 69.6 Å². The molecule has 0 aliphatic heterocycles. The third kappa shape index (κ3) is 3.60. The van der Waals surface area contributed by atoms with E-state index in [1.165, 1.54) is 12.1 Å². The molecule has 18 heavy (non-hydrogen) atoms. The number of benzene rings is 1. The van der Waals surface area contributed by atoms with Crippen molar-refractivity contribution in [3.05, 3.63) is 27.2 Å². The average molecular weight is 337 g/mol. The summed E-state index contributed by atoms with van der Waals surface area (Å²) < 4.78 is 0.364. The molecular weight excluding hydrogens is 321 g/mol. The highest BCUT2D eigenvalue weighted by Crippen LogP contribution is 2.31. The third-order valence-corrected chi connectivity index (χ3v) is 3.60. The molecule has 6 heteroatoms. The average Bonchev–Trinajstić information content (AvgIpc) is 2.32. The van der Waals surface area contributed by atoms with Crippen LogP contribution in [0.2, 0.25) is 5.02 Å². The van der Waals surface area contributed by atoms with Crippen molar-refractivity contribution in [3.8, 4) is 5.75 Å². The lowest BCUT2D eigenvalue weighted by atomic mass is 10.0. The van der Waals surface area contributed by atoms with Crippen LogP contribution in [0.15, 0.2) is 16.6 Å². The van der Waals surface area contributed by atoms with Crippen LogP contribution in [-0.2, 0) is 0 Å². The molecule has 1 rings (SSSR count). The number of phenolic OH excluding ortho intramolecular Hbond substituents is 1. The summed E-state index contributed by atoms with van der Waals surface area (Å²) in [5.41, 5.74) is 0.103. The van der Waals surface area contributed by atoms with Crippen LogP contribution in [-0.4, -0.2) is 28.8 Å². The molecule has 0 saturated heterocycles. The first kappa shape index (κ1) is 15.3. The van der Waals surface area contributed by atoms with E-state index in [0.717, 1.165) is 0 Å². The smallest absolute Gasteiger partial charge is 0.255 e. The standard InChI is InChI=1S/C12H15BrClNO3/c1-6(5-16)7(2)15-12(18)9-3-8(14)4-10(13)11(9)17/h3-4,6-7,16-17H,5H2,1-2H3,(H,15,18). The summed E-state index contributed by atoms with van der Waals surface area (Å²) in [5.74, 6) is -0.650. The normalized spacial score (nSPS) is 14.1. The molecule has 100 valence electrons. The van der Waals surface area contributed by atoms with E-state index in [4.69, 9.17) is 16.7 Å². The van der Waals surface area contributed by atoms with Gasteiger partial charge in [-0.15, -0.1) is 0 Å². The van der Waals surface area contributed by atoms with Gasteiger partial charge in [-0.2, -0.15) is 0 Å².